The van der Waals surface area contributed by atoms with Crippen LogP contribution in [0.3, 0.4) is 0 Å². The maximum atomic E-state index is 5.41. The monoisotopic (exact) mass is 327 g/mol. The predicted octanol–water partition coefficient (Wildman–Crippen LogP) is 2.34. The smallest absolute Gasteiger partial charge is 0.229 e. The average molecular weight is 328 g/mol. The van der Waals surface area contributed by atoms with Crippen molar-refractivity contribution in [3.63, 3.8) is 0 Å². The molecule has 0 amide bonds. The van der Waals surface area contributed by atoms with Crippen LogP contribution in [0.15, 0.2) is 4.52 Å². The summed E-state index contributed by atoms with van der Waals surface area (Å²) >= 11 is 0. The van der Waals surface area contributed by atoms with Gasteiger partial charge < -0.3 is 9.84 Å². The summed E-state index contributed by atoms with van der Waals surface area (Å²) in [6.07, 6.45) is 1.65. The van der Waals surface area contributed by atoms with Crippen molar-refractivity contribution < 1.29 is 4.52 Å². The summed E-state index contributed by atoms with van der Waals surface area (Å²) in [5, 5.41) is 11.7. The Morgan fingerprint density at radius 3 is 2.45 bits per heavy atom. The molecule has 0 spiro atoms. The van der Waals surface area contributed by atoms with Gasteiger partial charge in [-0.3, -0.25) is 4.68 Å². The first-order chi connectivity index (χ1) is 9.92. The van der Waals surface area contributed by atoms with Gasteiger partial charge in [0.15, 0.2) is 5.82 Å². The van der Waals surface area contributed by atoms with Crippen LogP contribution in [0.25, 0.3) is 0 Å². The molecule has 2 heterocycles. The Morgan fingerprint density at radius 1 is 1.23 bits per heavy atom. The van der Waals surface area contributed by atoms with E-state index in [9.17, 15) is 0 Å². The third kappa shape index (κ3) is 4.08. The maximum absolute atomic E-state index is 5.41. The third-order valence-corrected chi connectivity index (χ3v) is 4.06. The highest BCUT2D eigenvalue weighted by atomic mass is 35.5. The molecule has 2 rings (SSSR count). The highest BCUT2D eigenvalue weighted by Gasteiger charge is 2.19. The van der Waals surface area contributed by atoms with Gasteiger partial charge in [-0.05, 0) is 39.8 Å². The summed E-state index contributed by atoms with van der Waals surface area (Å²) in [7, 11) is 3.91. The van der Waals surface area contributed by atoms with Gasteiger partial charge in [0, 0.05) is 31.1 Å². The largest absolute Gasteiger partial charge is 0.339 e. The Hall–Kier alpha value is -1.40. The molecule has 0 aromatic carbocycles. The van der Waals surface area contributed by atoms with Gasteiger partial charge in [-0.1, -0.05) is 12.1 Å². The van der Waals surface area contributed by atoms with E-state index in [0.29, 0.717) is 11.9 Å². The minimum absolute atomic E-state index is 0. The lowest BCUT2D eigenvalue weighted by atomic mass is 9.99. The topological polar surface area (TPSA) is 68.8 Å². The average Bonchev–Trinajstić information content (AvgIpc) is 2.99. The molecular formula is C15H26ClN5O. The maximum Gasteiger partial charge on any atom is 0.229 e. The molecule has 0 saturated heterocycles. The number of hydrogen-bond acceptors (Lipinski definition) is 5. The van der Waals surface area contributed by atoms with Crippen LogP contribution < -0.4 is 5.32 Å². The number of halogens is 1. The van der Waals surface area contributed by atoms with Crippen molar-refractivity contribution in [1.82, 2.24) is 25.2 Å². The van der Waals surface area contributed by atoms with Gasteiger partial charge in [-0.25, -0.2) is 0 Å². The van der Waals surface area contributed by atoms with E-state index in [4.69, 9.17) is 4.52 Å². The van der Waals surface area contributed by atoms with Crippen LogP contribution in [0.5, 0.6) is 0 Å². The van der Waals surface area contributed by atoms with Crippen molar-refractivity contribution >= 4 is 12.4 Å². The number of aromatic nitrogens is 4. The van der Waals surface area contributed by atoms with Crippen LogP contribution in [0.2, 0.25) is 0 Å². The SMILES string of the molecule is CNC(C)Cc1noc(C(C)Cc2c(C)nn(C)c2C)n1.Cl. The molecule has 0 aliphatic carbocycles. The molecule has 2 unspecified atom stereocenters. The Balaban J connectivity index is 0.00000242. The van der Waals surface area contributed by atoms with Crippen molar-refractivity contribution in [3.05, 3.63) is 28.7 Å². The molecule has 22 heavy (non-hydrogen) atoms. The van der Waals surface area contributed by atoms with Gasteiger partial charge in [0.1, 0.15) is 0 Å². The minimum Gasteiger partial charge on any atom is -0.339 e. The van der Waals surface area contributed by atoms with E-state index in [1.165, 1.54) is 11.3 Å². The molecule has 0 aliphatic heterocycles. The Labute approximate surface area is 138 Å². The summed E-state index contributed by atoms with van der Waals surface area (Å²) in [5.74, 6) is 1.66. The molecule has 124 valence electrons. The minimum atomic E-state index is 0. The first-order valence-electron chi connectivity index (χ1n) is 7.41. The number of rotatable bonds is 6. The summed E-state index contributed by atoms with van der Waals surface area (Å²) in [4.78, 5) is 4.52. The number of aryl methyl sites for hydroxylation is 2. The molecule has 7 heteroatoms. The molecule has 2 atom stereocenters. The number of likely N-dealkylation sites (N-methyl/N-ethyl adjacent to an activating group) is 1. The van der Waals surface area contributed by atoms with Crippen molar-refractivity contribution in [1.29, 1.82) is 0 Å². The van der Waals surface area contributed by atoms with E-state index < -0.39 is 0 Å². The summed E-state index contributed by atoms with van der Waals surface area (Å²) in [5.41, 5.74) is 3.54. The Kier molecular flexibility index (Phi) is 6.56. The molecular weight excluding hydrogens is 302 g/mol. The summed E-state index contributed by atoms with van der Waals surface area (Å²) in [6.45, 7) is 8.35. The van der Waals surface area contributed by atoms with Crippen LogP contribution >= 0.6 is 12.4 Å². The van der Waals surface area contributed by atoms with E-state index in [1.807, 2.05) is 25.7 Å². The van der Waals surface area contributed by atoms with Gasteiger partial charge in [0.05, 0.1) is 5.69 Å². The normalized spacial score (nSPS) is 13.7. The zero-order valence-corrected chi connectivity index (χ0v) is 15.0. The standard InChI is InChI=1S/C15H25N5O.ClH/c1-9(7-13-11(3)18-20(6)12(13)4)15-17-14(19-21-15)8-10(2)16-5;/h9-10,16H,7-8H2,1-6H3;1H. The molecule has 0 fully saturated rings. The number of hydrogen-bond donors (Lipinski definition) is 1. The highest BCUT2D eigenvalue weighted by molar-refractivity contribution is 5.85. The molecule has 1 N–H and O–H groups in total. The Bertz CT molecular complexity index is 607. The second-order valence-electron chi connectivity index (χ2n) is 5.82. The van der Waals surface area contributed by atoms with Crippen LogP contribution in [-0.4, -0.2) is 33.0 Å². The van der Waals surface area contributed by atoms with Crippen molar-refractivity contribution in [2.75, 3.05) is 7.05 Å². The van der Waals surface area contributed by atoms with Gasteiger partial charge in [0.25, 0.3) is 0 Å². The fraction of sp³-hybridized carbons (Fsp3) is 0.667. The fourth-order valence-corrected chi connectivity index (χ4v) is 2.43. The van der Waals surface area contributed by atoms with Crippen LogP contribution in [0.4, 0.5) is 0 Å². The zero-order valence-electron chi connectivity index (χ0n) is 14.2. The second kappa shape index (κ2) is 7.74. The Morgan fingerprint density at radius 2 is 1.91 bits per heavy atom. The lowest BCUT2D eigenvalue weighted by Crippen LogP contribution is -2.24. The van der Waals surface area contributed by atoms with E-state index in [1.54, 1.807) is 0 Å². The number of nitrogens with zero attached hydrogens (tertiary/aromatic N) is 4. The van der Waals surface area contributed by atoms with Gasteiger partial charge in [-0.15, -0.1) is 12.4 Å². The molecule has 0 bridgehead atoms. The summed E-state index contributed by atoms with van der Waals surface area (Å²) in [6, 6.07) is 0.341. The zero-order chi connectivity index (χ0) is 15.6. The van der Waals surface area contributed by atoms with E-state index >= 15 is 0 Å². The van der Waals surface area contributed by atoms with E-state index in [-0.39, 0.29) is 18.3 Å². The lowest BCUT2D eigenvalue weighted by molar-refractivity contribution is 0.353. The van der Waals surface area contributed by atoms with Crippen molar-refractivity contribution in [3.8, 4) is 0 Å². The lowest BCUT2D eigenvalue weighted by Gasteiger charge is -2.07. The van der Waals surface area contributed by atoms with Crippen LogP contribution in [0, 0.1) is 13.8 Å². The van der Waals surface area contributed by atoms with Crippen LogP contribution in [-0.2, 0) is 19.9 Å². The van der Waals surface area contributed by atoms with E-state index in [0.717, 1.165) is 24.4 Å². The van der Waals surface area contributed by atoms with Crippen LogP contribution in [0.1, 0.15) is 48.4 Å². The molecule has 0 radical (unpaired) electrons. The molecule has 2 aromatic heterocycles. The molecule has 0 aliphatic rings. The second-order valence-corrected chi connectivity index (χ2v) is 5.82. The molecule has 0 saturated carbocycles. The van der Waals surface area contributed by atoms with Gasteiger partial charge >= 0.3 is 0 Å². The first kappa shape index (κ1) is 18.6. The quantitative estimate of drug-likeness (QED) is 0.882. The predicted molar refractivity (Wildman–Crippen MR) is 88.6 cm³/mol. The number of nitrogens with one attached hydrogen (secondary N) is 1. The summed E-state index contributed by atoms with van der Waals surface area (Å²) < 4.78 is 7.34. The molecule has 2 aromatic rings. The van der Waals surface area contributed by atoms with E-state index in [2.05, 4.69) is 41.3 Å². The molecule has 6 nitrogen and oxygen atoms in total. The first-order valence-corrected chi connectivity index (χ1v) is 7.41. The van der Waals surface area contributed by atoms with Crippen molar-refractivity contribution in [2.24, 2.45) is 7.05 Å². The van der Waals surface area contributed by atoms with Crippen molar-refractivity contribution in [2.45, 2.75) is 52.5 Å². The van der Waals surface area contributed by atoms with Gasteiger partial charge in [0.2, 0.25) is 5.89 Å². The van der Waals surface area contributed by atoms with Gasteiger partial charge in [-0.2, -0.15) is 10.1 Å². The fourth-order valence-electron chi connectivity index (χ4n) is 2.43. The highest BCUT2D eigenvalue weighted by Crippen LogP contribution is 2.23. The third-order valence-electron chi connectivity index (χ3n) is 4.06.